The van der Waals surface area contributed by atoms with E-state index >= 15 is 0 Å². The predicted octanol–water partition coefficient (Wildman–Crippen LogP) is 2.86. The SMILES string of the molecule is C[C@H]1CCCC[C@H]1NC(=O)CCNC(=O)Oc1ccccc1. The highest BCUT2D eigenvalue weighted by atomic mass is 16.6. The minimum atomic E-state index is -0.537. The molecule has 0 heterocycles. The molecule has 0 radical (unpaired) electrons. The molecule has 2 N–H and O–H groups in total. The first kappa shape index (κ1) is 16.3. The molecule has 1 saturated carbocycles. The van der Waals surface area contributed by atoms with Gasteiger partial charge in [0.2, 0.25) is 5.91 Å². The lowest BCUT2D eigenvalue weighted by Gasteiger charge is -2.29. The molecule has 120 valence electrons. The summed E-state index contributed by atoms with van der Waals surface area (Å²) in [5.74, 6) is 1.01. The molecule has 5 nitrogen and oxygen atoms in total. The molecule has 2 amide bonds. The summed E-state index contributed by atoms with van der Waals surface area (Å²) in [4.78, 5) is 23.5. The summed E-state index contributed by atoms with van der Waals surface area (Å²) >= 11 is 0. The van der Waals surface area contributed by atoms with Crippen LogP contribution in [0.1, 0.15) is 39.0 Å². The largest absolute Gasteiger partial charge is 0.412 e. The Kier molecular flexibility index (Phi) is 6.25. The Morgan fingerprint density at radius 1 is 1.18 bits per heavy atom. The van der Waals surface area contributed by atoms with Gasteiger partial charge in [-0.3, -0.25) is 4.79 Å². The van der Waals surface area contributed by atoms with Crippen molar-refractivity contribution in [1.82, 2.24) is 10.6 Å². The van der Waals surface area contributed by atoms with E-state index in [0.717, 1.165) is 6.42 Å². The zero-order valence-corrected chi connectivity index (χ0v) is 13.0. The van der Waals surface area contributed by atoms with Crippen LogP contribution in [0.25, 0.3) is 0 Å². The zero-order valence-electron chi connectivity index (χ0n) is 13.0. The summed E-state index contributed by atoms with van der Waals surface area (Å²) in [6, 6.07) is 9.12. The molecule has 2 atom stereocenters. The van der Waals surface area contributed by atoms with Gasteiger partial charge in [0.15, 0.2) is 0 Å². The smallest absolute Gasteiger partial charge is 0.410 e. The van der Waals surface area contributed by atoms with E-state index < -0.39 is 6.09 Å². The maximum Gasteiger partial charge on any atom is 0.412 e. The third kappa shape index (κ3) is 5.39. The van der Waals surface area contributed by atoms with E-state index in [0.29, 0.717) is 11.7 Å². The molecule has 0 saturated heterocycles. The fraction of sp³-hybridized carbons (Fsp3) is 0.529. The van der Waals surface area contributed by atoms with E-state index in [1.807, 2.05) is 6.07 Å². The Morgan fingerprint density at radius 3 is 2.64 bits per heavy atom. The minimum absolute atomic E-state index is 0.0150. The molecule has 2 rings (SSSR count). The summed E-state index contributed by atoms with van der Waals surface area (Å²) in [7, 11) is 0. The number of hydrogen-bond donors (Lipinski definition) is 2. The second-order valence-electron chi connectivity index (χ2n) is 5.82. The highest BCUT2D eigenvalue weighted by molar-refractivity contribution is 5.77. The lowest BCUT2D eigenvalue weighted by Crippen LogP contribution is -2.42. The van der Waals surface area contributed by atoms with E-state index in [9.17, 15) is 9.59 Å². The van der Waals surface area contributed by atoms with E-state index in [1.165, 1.54) is 19.3 Å². The number of hydrogen-bond acceptors (Lipinski definition) is 3. The van der Waals surface area contributed by atoms with Crippen LogP contribution < -0.4 is 15.4 Å². The zero-order chi connectivity index (χ0) is 15.8. The summed E-state index contributed by atoms with van der Waals surface area (Å²) in [5.41, 5.74) is 0. The van der Waals surface area contributed by atoms with Gasteiger partial charge in [-0.1, -0.05) is 38.0 Å². The van der Waals surface area contributed by atoms with Crippen LogP contribution in [-0.4, -0.2) is 24.6 Å². The highest BCUT2D eigenvalue weighted by Gasteiger charge is 2.22. The number of carbonyl (C=O) groups is 2. The van der Waals surface area contributed by atoms with E-state index in [2.05, 4.69) is 17.6 Å². The molecule has 22 heavy (non-hydrogen) atoms. The van der Waals surface area contributed by atoms with E-state index in [1.54, 1.807) is 24.3 Å². The van der Waals surface area contributed by atoms with Gasteiger partial charge in [-0.2, -0.15) is 0 Å². The van der Waals surface area contributed by atoms with Crippen LogP contribution in [0.4, 0.5) is 4.79 Å². The van der Waals surface area contributed by atoms with Crippen molar-refractivity contribution >= 4 is 12.0 Å². The number of nitrogens with one attached hydrogen (secondary N) is 2. The average Bonchev–Trinajstić information content (AvgIpc) is 2.50. The van der Waals surface area contributed by atoms with Crippen molar-refractivity contribution in [3.63, 3.8) is 0 Å². The van der Waals surface area contributed by atoms with Crippen molar-refractivity contribution in [2.24, 2.45) is 5.92 Å². The van der Waals surface area contributed by atoms with Crippen LogP contribution >= 0.6 is 0 Å². The maximum atomic E-state index is 11.9. The Morgan fingerprint density at radius 2 is 1.91 bits per heavy atom. The number of rotatable bonds is 5. The molecule has 1 aliphatic rings. The van der Waals surface area contributed by atoms with Gasteiger partial charge in [0.05, 0.1) is 0 Å². The third-order valence-corrected chi connectivity index (χ3v) is 4.03. The number of benzene rings is 1. The second-order valence-corrected chi connectivity index (χ2v) is 5.82. The molecule has 0 bridgehead atoms. The molecule has 0 spiro atoms. The highest BCUT2D eigenvalue weighted by Crippen LogP contribution is 2.23. The molecule has 1 aromatic rings. The van der Waals surface area contributed by atoms with Crippen LogP contribution in [0.15, 0.2) is 30.3 Å². The molecule has 1 aliphatic carbocycles. The molecular formula is C17H24N2O3. The Bertz CT molecular complexity index is 490. The standard InChI is InChI=1S/C17H24N2O3/c1-13-7-5-6-10-15(13)19-16(20)11-12-18-17(21)22-14-8-3-2-4-9-14/h2-4,8-9,13,15H,5-7,10-12H2,1H3,(H,18,21)(H,19,20)/t13-,15+/m0/s1. The van der Waals surface area contributed by atoms with Gasteiger partial charge >= 0.3 is 6.09 Å². The van der Waals surface area contributed by atoms with E-state index in [4.69, 9.17) is 4.74 Å². The first-order chi connectivity index (χ1) is 10.6. The van der Waals surface area contributed by atoms with Crippen molar-refractivity contribution in [3.8, 4) is 5.75 Å². The van der Waals surface area contributed by atoms with Crippen molar-refractivity contribution in [2.45, 2.75) is 45.1 Å². The topological polar surface area (TPSA) is 67.4 Å². The number of para-hydroxylation sites is 1. The molecule has 0 aromatic heterocycles. The number of ether oxygens (including phenoxy) is 1. The van der Waals surface area contributed by atoms with Crippen LogP contribution in [0.3, 0.4) is 0 Å². The second kappa shape index (κ2) is 8.41. The van der Waals surface area contributed by atoms with Gasteiger partial charge < -0.3 is 15.4 Å². The third-order valence-electron chi connectivity index (χ3n) is 4.03. The van der Waals surface area contributed by atoms with E-state index in [-0.39, 0.29) is 24.9 Å². The molecule has 1 aromatic carbocycles. The first-order valence-corrected chi connectivity index (χ1v) is 7.95. The van der Waals surface area contributed by atoms with Crippen LogP contribution in [0.2, 0.25) is 0 Å². The predicted molar refractivity (Wildman–Crippen MR) is 84.6 cm³/mol. The van der Waals surface area contributed by atoms with Crippen molar-refractivity contribution < 1.29 is 14.3 Å². The molecular weight excluding hydrogens is 280 g/mol. The van der Waals surface area contributed by atoms with Crippen molar-refractivity contribution in [2.75, 3.05) is 6.54 Å². The summed E-state index contributed by atoms with van der Waals surface area (Å²) in [6.45, 7) is 2.46. The molecule has 1 fully saturated rings. The van der Waals surface area contributed by atoms with Gasteiger partial charge in [0.25, 0.3) is 0 Å². The van der Waals surface area contributed by atoms with Gasteiger partial charge in [-0.05, 0) is 30.9 Å². The van der Waals surface area contributed by atoms with Crippen molar-refractivity contribution in [1.29, 1.82) is 0 Å². The lowest BCUT2D eigenvalue weighted by atomic mass is 9.86. The molecule has 5 heteroatoms. The van der Waals surface area contributed by atoms with Gasteiger partial charge in [0.1, 0.15) is 5.75 Å². The van der Waals surface area contributed by atoms with Crippen LogP contribution in [0, 0.1) is 5.92 Å². The Labute approximate surface area is 131 Å². The molecule has 0 unspecified atom stereocenters. The summed E-state index contributed by atoms with van der Waals surface area (Å²) in [6.07, 6.45) is 4.39. The van der Waals surface area contributed by atoms with Gasteiger partial charge in [-0.25, -0.2) is 4.79 Å². The monoisotopic (exact) mass is 304 g/mol. The van der Waals surface area contributed by atoms with Crippen molar-refractivity contribution in [3.05, 3.63) is 30.3 Å². The quantitative estimate of drug-likeness (QED) is 0.879. The first-order valence-electron chi connectivity index (χ1n) is 7.95. The summed E-state index contributed by atoms with van der Waals surface area (Å²) in [5, 5.41) is 5.65. The normalized spacial score (nSPS) is 21.0. The average molecular weight is 304 g/mol. The molecule has 0 aliphatic heterocycles. The lowest BCUT2D eigenvalue weighted by molar-refractivity contribution is -0.122. The Balaban J connectivity index is 1.63. The Hall–Kier alpha value is -2.04. The number of carbonyl (C=O) groups excluding carboxylic acids is 2. The maximum absolute atomic E-state index is 11.9. The fourth-order valence-corrected chi connectivity index (χ4v) is 2.72. The van der Waals surface area contributed by atoms with Crippen LogP contribution in [0.5, 0.6) is 5.75 Å². The van der Waals surface area contributed by atoms with Gasteiger partial charge in [-0.15, -0.1) is 0 Å². The minimum Gasteiger partial charge on any atom is -0.410 e. The number of amides is 2. The van der Waals surface area contributed by atoms with Crippen LogP contribution in [-0.2, 0) is 4.79 Å². The summed E-state index contributed by atoms with van der Waals surface area (Å²) < 4.78 is 5.08. The van der Waals surface area contributed by atoms with Gasteiger partial charge in [0, 0.05) is 19.0 Å². The fourth-order valence-electron chi connectivity index (χ4n) is 2.72.